The molecule has 0 aromatic carbocycles. The number of hydrogen-bond acceptors (Lipinski definition) is 5. The lowest BCUT2D eigenvalue weighted by Crippen LogP contribution is -2.57. The molecular weight excluding hydrogens is 194 g/mol. The molecule has 3 aliphatic rings. The number of nitrogens with zero attached hydrogens (tertiary/aromatic N) is 3. The molecule has 0 aliphatic carbocycles. The second-order valence-electron chi connectivity index (χ2n) is 4.62. The van der Waals surface area contributed by atoms with Gasteiger partial charge in [0.05, 0.1) is 0 Å². The quantitative estimate of drug-likeness (QED) is 0.720. The van der Waals surface area contributed by atoms with E-state index >= 15 is 0 Å². The van der Waals surface area contributed by atoms with Gasteiger partial charge in [-0.15, -0.1) is 0 Å². The molecule has 15 heavy (non-hydrogen) atoms. The zero-order valence-electron chi connectivity index (χ0n) is 8.81. The zero-order valence-corrected chi connectivity index (χ0v) is 8.81. The maximum absolute atomic E-state index is 10.6. The van der Waals surface area contributed by atoms with Gasteiger partial charge in [-0.25, -0.2) is 0 Å². The van der Waals surface area contributed by atoms with Crippen LogP contribution in [0.3, 0.4) is 0 Å². The summed E-state index contributed by atoms with van der Waals surface area (Å²) >= 11 is 0. The van der Waals surface area contributed by atoms with Gasteiger partial charge in [0.1, 0.15) is 0 Å². The minimum atomic E-state index is -0.905. The molecule has 0 spiro atoms. The predicted octanol–water partition coefficient (Wildman–Crippen LogP) is 0.291. The Labute approximate surface area is 88.1 Å². The van der Waals surface area contributed by atoms with Gasteiger partial charge in [-0.05, 0) is 32.9 Å². The minimum Gasteiger partial charge on any atom is -0.378 e. The summed E-state index contributed by atoms with van der Waals surface area (Å²) in [6, 6.07) is 0. The Morgan fingerprint density at radius 3 is 2.67 bits per heavy atom. The SMILES string of the molecule is Cc1noc(C2(O)CN3CCC2CC3)n1. The normalized spacial score (nSPS) is 39.6. The van der Waals surface area contributed by atoms with Crippen LogP contribution < -0.4 is 0 Å². The predicted molar refractivity (Wildman–Crippen MR) is 52.1 cm³/mol. The molecule has 1 N–H and O–H groups in total. The van der Waals surface area contributed by atoms with Crippen LogP contribution >= 0.6 is 0 Å². The molecule has 1 aromatic heterocycles. The van der Waals surface area contributed by atoms with E-state index in [1.807, 2.05) is 0 Å². The van der Waals surface area contributed by atoms with Gasteiger partial charge in [0.15, 0.2) is 11.4 Å². The van der Waals surface area contributed by atoms with E-state index in [1.54, 1.807) is 6.92 Å². The molecule has 2 bridgehead atoms. The molecule has 0 saturated carbocycles. The van der Waals surface area contributed by atoms with Crippen LogP contribution in [0.5, 0.6) is 0 Å². The van der Waals surface area contributed by atoms with Crippen LogP contribution in [0.25, 0.3) is 0 Å². The molecule has 5 nitrogen and oxygen atoms in total. The lowest BCUT2D eigenvalue weighted by Gasteiger charge is -2.48. The first-order chi connectivity index (χ1) is 7.18. The van der Waals surface area contributed by atoms with Crippen molar-refractivity contribution in [3.63, 3.8) is 0 Å². The molecule has 1 atom stereocenters. The summed E-state index contributed by atoms with van der Waals surface area (Å²) in [6.07, 6.45) is 2.05. The van der Waals surface area contributed by atoms with E-state index in [4.69, 9.17) is 4.52 Å². The minimum absolute atomic E-state index is 0.280. The summed E-state index contributed by atoms with van der Waals surface area (Å²) in [5, 5.41) is 14.4. The van der Waals surface area contributed by atoms with Crippen molar-refractivity contribution in [2.75, 3.05) is 19.6 Å². The van der Waals surface area contributed by atoms with Crippen LogP contribution in [0.2, 0.25) is 0 Å². The maximum atomic E-state index is 10.6. The average Bonchev–Trinajstić information content (AvgIpc) is 2.67. The number of aromatic nitrogens is 2. The van der Waals surface area contributed by atoms with E-state index in [0.29, 0.717) is 18.3 Å². The molecule has 5 heteroatoms. The van der Waals surface area contributed by atoms with Crippen LogP contribution in [-0.4, -0.2) is 39.8 Å². The molecule has 3 aliphatic heterocycles. The van der Waals surface area contributed by atoms with Gasteiger partial charge in [-0.1, -0.05) is 5.16 Å². The van der Waals surface area contributed by atoms with Crippen molar-refractivity contribution in [3.8, 4) is 0 Å². The lowest BCUT2D eigenvalue weighted by molar-refractivity contribution is -0.134. The average molecular weight is 209 g/mol. The fraction of sp³-hybridized carbons (Fsp3) is 0.800. The Kier molecular flexibility index (Phi) is 1.87. The van der Waals surface area contributed by atoms with Crippen LogP contribution in [0.1, 0.15) is 24.6 Å². The van der Waals surface area contributed by atoms with E-state index in [9.17, 15) is 5.11 Å². The highest BCUT2D eigenvalue weighted by molar-refractivity contribution is 5.08. The highest BCUT2D eigenvalue weighted by Gasteiger charge is 2.50. The van der Waals surface area contributed by atoms with Gasteiger partial charge in [-0.2, -0.15) is 4.98 Å². The van der Waals surface area contributed by atoms with Crippen LogP contribution in [-0.2, 0) is 5.60 Å². The van der Waals surface area contributed by atoms with Gasteiger partial charge in [0.2, 0.25) is 0 Å². The van der Waals surface area contributed by atoms with Gasteiger partial charge in [0.25, 0.3) is 5.89 Å². The van der Waals surface area contributed by atoms with Crippen molar-refractivity contribution in [3.05, 3.63) is 11.7 Å². The summed E-state index contributed by atoms with van der Waals surface area (Å²) < 4.78 is 5.12. The summed E-state index contributed by atoms with van der Waals surface area (Å²) in [4.78, 5) is 6.43. The molecule has 1 aromatic rings. The monoisotopic (exact) mass is 209 g/mol. The molecule has 4 rings (SSSR count). The molecule has 4 heterocycles. The number of hydrogen-bond donors (Lipinski definition) is 1. The van der Waals surface area contributed by atoms with Gasteiger partial charge >= 0.3 is 0 Å². The third-order valence-corrected chi connectivity index (χ3v) is 3.63. The summed E-state index contributed by atoms with van der Waals surface area (Å²) in [5.74, 6) is 1.27. The van der Waals surface area contributed by atoms with E-state index in [0.717, 1.165) is 25.9 Å². The molecular formula is C10H15N3O2. The third kappa shape index (κ3) is 1.30. The molecule has 0 amide bonds. The highest BCUT2D eigenvalue weighted by atomic mass is 16.5. The number of piperidine rings is 3. The second kappa shape index (κ2) is 3.02. The Morgan fingerprint density at radius 1 is 1.47 bits per heavy atom. The third-order valence-electron chi connectivity index (χ3n) is 3.63. The Bertz CT molecular complexity index is 370. The number of rotatable bonds is 1. The molecule has 1 unspecified atom stereocenters. The van der Waals surface area contributed by atoms with Crippen molar-refractivity contribution in [2.45, 2.75) is 25.4 Å². The first kappa shape index (κ1) is 9.30. The van der Waals surface area contributed by atoms with Gasteiger partial charge in [0, 0.05) is 12.5 Å². The van der Waals surface area contributed by atoms with Gasteiger partial charge in [-0.3, -0.25) is 4.90 Å². The van der Waals surface area contributed by atoms with E-state index in [1.165, 1.54) is 0 Å². The first-order valence-electron chi connectivity index (χ1n) is 5.44. The lowest BCUT2D eigenvalue weighted by atomic mass is 9.75. The fourth-order valence-corrected chi connectivity index (χ4v) is 2.75. The summed E-state index contributed by atoms with van der Waals surface area (Å²) in [6.45, 7) is 4.58. The Morgan fingerprint density at radius 2 is 2.20 bits per heavy atom. The number of aliphatic hydroxyl groups is 1. The first-order valence-corrected chi connectivity index (χ1v) is 5.44. The van der Waals surface area contributed by atoms with Crippen molar-refractivity contribution < 1.29 is 9.63 Å². The Balaban J connectivity index is 1.96. The maximum Gasteiger partial charge on any atom is 0.260 e. The Hall–Kier alpha value is -0.940. The van der Waals surface area contributed by atoms with Crippen molar-refractivity contribution in [1.29, 1.82) is 0 Å². The highest BCUT2D eigenvalue weighted by Crippen LogP contribution is 2.41. The van der Waals surface area contributed by atoms with E-state index in [2.05, 4.69) is 15.0 Å². The molecule has 82 valence electrons. The summed E-state index contributed by atoms with van der Waals surface area (Å²) in [5.41, 5.74) is -0.905. The van der Waals surface area contributed by atoms with Crippen LogP contribution in [0.15, 0.2) is 4.52 Å². The zero-order chi connectivity index (χ0) is 10.5. The van der Waals surface area contributed by atoms with E-state index < -0.39 is 5.60 Å². The van der Waals surface area contributed by atoms with Crippen LogP contribution in [0.4, 0.5) is 0 Å². The standard InChI is InChI=1S/C10H15N3O2/c1-7-11-9(15-12-7)10(14)6-13-4-2-8(10)3-5-13/h8,14H,2-6H2,1H3. The number of fused-ring (bicyclic) bond motifs is 3. The van der Waals surface area contributed by atoms with Crippen molar-refractivity contribution in [2.24, 2.45) is 5.92 Å². The second-order valence-corrected chi connectivity index (χ2v) is 4.62. The van der Waals surface area contributed by atoms with Crippen molar-refractivity contribution in [1.82, 2.24) is 15.0 Å². The van der Waals surface area contributed by atoms with Crippen LogP contribution in [0, 0.1) is 12.8 Å². The number of aryl methyl sites for hydroxylation is 1. The largest absolute Gasteiger partial charge is 0.378 e. The van der Waals surface area contributed by atoms with Crippen molar-refractivity contribution >= 4 is 0 Å². The molecule has 0 radical (unpaired) electrons. The van der Waals surface area contributed by atoms with Gasteiger partial charge < -0.3 is 9.63 Å². The molecule has 3 saturated heterocycles. The fourth-order valence-electron chi connectivity index (χ4n) is 2.75. The molecule has 3 fully saturated rings. The topological polar surface area (TPSA) is 62.4 Å². The summed E-state index contributed by atoms with van der Waals surface area (Å²) in [7, 11) is 0. The van der Waals surface area contributed by atoms with E-state index in [-0.39, 0.29) is 5.92 Å². The smallest absolute Gasteiger partial charge is 0.260 e.